The molecule has 1 saturated heterocycles. The number of nitrogens with zero attached hydrogens (tertiary/aromatic N) is 2. The fourth-order valence-electron chi connectivity index (χ4n) is 2.22. The highest BCUT2D eigenvalue weighted by molar-refractivity contribution is 5.89. The van der Waals surface area contributed by atoms with Gasteiger partial charge in [0.2, 0.25) is 11.8 Å². The third-order valence-corrected chi connectivity index (χ3v) is 3.83. The summed E-state index contributed by atoms with van der Waals surface area (Å²) in [7, 11) is 3.65. The Balaban J connectivity index is 2.65. The Labute approximate surface area is 117 Å². The van der Waals surface area contributed by atoms with Crippen molar-refractivity contribution in [2.45, 2.75) is 58.2 Å². The van der Waals surface area contributed by atoms with E-state index in [4.69, 9.17) is 1.37 Å². The molecule has 1 unspecified atom stereocenters. The van der Waals surface area contributed by atoms with Crippen LogP contribution in [-0.4, -0.2) is 60.4 Å². The molecule has 19 heavy (non-hydrogen) atoms. The van der Waals surface area contributed by atoms with Crippen molar-refractivity contribution in [3.8, 4) is 0 Å². The molecule has 0 aromatic heterocycles. The maximum absolute atomic E-state index is 12.4. The molecule has 0 aliphatic carbocycles. The molecular weight excluding hydrogens is 242 g/mol. The highest BCUT2D eigenvalue weighted by Crippen LogP contribution is 2.20. The van der Waals surface area contributed by atoms with Gasteiger partial charge in [-0.1, -0.05) is 6.92 Å². The van der Waals surface area contributed by atoms with E-state index in [1.165, 1.54) is 0 Å². The summed E-state index contributed by atoms with van der Waals surface area (Å²) in [5.41, 5.74) is 0. The number of amides is 2. The average Bonchev–Trinajstić information content (AvgIpc) is 2.77. The van der Waals surface area contributed by atoms with Gasteiger partial charge in [-0.15, -0.1) is 0 Å². The molecule has 110 valence electrons. The second kappa shape index (κ2) is 6.89. The summed E-state index contributed by atoms with van der Waals surface area (Å²) in [4.78, 5) is 27.8. The van der Waals surface area contributed by atoms with Crippen LogP contribution in [0.2, 0.25) is 0 Å². The fourth-order valence-corrected chi connectivity index (χ4v) is 2.22. The minimum atomic E-state index is -0.579. The number of carbonyl (C=O) groups excluding carboxylic acids is 2. The van der Waals surface area contributed by atoms with Crippen LogP contribution < -0.4 is 5.32 Å². The number of hydrogen-bond acceptors (Lipinski definition) is 3. The van der Waals surface area contributed by atoms with Crippen LogP contribution in [0.25, 0.3) is 0 Å². The van der Waals surface area contributed by atoms with Crippen LogP contribution in [0, 0.1) is 0 Å². The lowest BCUT2D eigenvalue weighted by atomic mass is 10.1. The number of likely N-dealkylation sites (N-methyl/N-ethyl adjacent to an activating group) is 1. The molecule has 5 nitrogen and oxygen atoms in total. The summed E-state index contributed by atoms with van der Waals surface area (Å²) >= 11 is 0. The van der Waals surface area contributed by atoms with Crippen LogP contribution in [0.15, 0.2) is 0 Å². The van der Waals surface area contributed by atoms with E-state index < -0.39 is 12.6 Å². The topological polar surface area (TPSA) is 52.7 Å². The van der Waals surface area contributed by atoms with Crippen molar-refractivity contribution in [1.82, 2.24) is 15.1 Å². The molecule has 1 N–H and O–H groups in total. The Morgan fingerprint density at radius 3 is 2.63 bits per heavy atom. The highest BCUT2D eigenvalue weighted by Gasteiger charge is 2.31. The second-order valence-electron chi connectivity index (χ2n) is 5.44. The molecule has 0 saturated carbocycles. The van der Waals surface area contributed by atoms with Gasteiger partial charge in [-0.2, -0.15) is 0 Å². The zero-order valence-corrected chi connectivity index (χ0v) is 12.6. The quantitative estimate of drug-likeness (QED) is 0.806. The van der Waals surface area contributed by atoms with E-state index in [0.717, 1.165) is 19.3 Å². The maximum atomic E-state index is 12.4. The lowest BCUT2D eigenvalue weighted by Gasteiger charge is -2.28. The standard InChI is InChI=1S/C14H27N3O2/c1-6-12-8-7-9-17(12)14(19)10(2)15-13(18)11(3)16(4)5/h10-12H,6-9H2,1-5H3,(H,15,18)/t10-,11-,12-/m0/s1/i9T/t9?,10-,11-,12-. The smallest absolute Gasteiger partial charge is 0.245 e. The van der Waals surface area contributed by atoms with Crippen molar-refractivity contribution < 1.29 is 11.0 Å². The lowest BCUT2D eigenvalue weighted by molar-refractivity contribution is -0.137. The summed E-state index contributed by atoms with van der Waals surface area (Å²) in [6.45, 7) is 5.05. The van der Waals surface area contributed by atoms with Crippen LogP contribution in [0.4, 0.5) is 0 Å². The SMILES string of the molecule is [3H]C1CC[C@H](CC)N1C(=O)[C@H](C)NC(=O)[C@H](C)N(C)C. The van der Waals surface area contributed by atoms with Gasteiger partial charge in [-0.25, -0.2) is 0 Å². The fraction of sp³-hybridized carbons (Fsp3) is 0.857. The minimum absolute atomic E-state index is 0.135. The number of carbonyl (C=O) groups is 2. The number of rotatable bonds is 5. The Bertz CT molecular complexity index is 362. The molecule has 0 aromatic carbocycles. The number of nitrogens with one attached hydrogen (secondary N) is 1. The summed E-state index contributed by atoms with van der Waals surface area (Å²) in [5, 5.41) is 2.75. The molecule has 1 rings (SSSR count). The molecule has 2 amide bonds. The van der Waals surface area contributed by atoms with E-state index in [0.29, 0.717) is 0 Å². The maximum Gasteiger partial charge on any atom is 0.245 e. The molecule has 1 aliphatic rings. The predicted octanol–water partition coefficient (Wildman–Crippen LogP) is 0.842. The van der Waals surface area contributed by atoms with Crippen molar-refractivity contribution in [2.24, 2.45) is 0 Å². The van der Waals surface area contributed by atoms with Crippen LogP contribution in [-0.2, 0) is 9.59 Å². The van der Waals surface area contributed by atoms with Crippen LogP contribution >= 0.6 is 0 Å². The zero-order chi connectivity index (χ0) is 15.4. The molecule has 0 aromatic rings. The summed E-state index contributed by atoms with van der Waals surface area (Å²) in [5.74, 6) is -0.307. The number of likely N-dealkylation sites (tertiary alicyclic amines) is 1. The molecule has 0 bridgehead atoms. The van der Waals surface area contributed by atoms with E-state index in [1.54, 1.807) is 23.6 Å². The van der Waals surface area contributed by atoms with Crippen molar-refractivity contribution in [3.05, 3.63) is 0 Å². The van der Waals surface area contributed by atoms with Crippen LogP contribution in [0.1, 0.15) is 41.4 Å². The van der Waals surface area contributed by atoms with Crippen molar-refractivity contribution in [1.29, 1.82) is 0 Å². The first-order valence-corrected chi connectivity index (χ1v) is 7.00. The normalized spacial score (nSPS) is 27.1. The molecule has 1 heterocycles. The first kappa shape index (κ1) is 14.3. The lowest BCUT2D eigenvalue weighted by Crippen LogP contribution is -2.52. The summed E-state index contributed by atoms with van der Waals surface area (Å²) < 4.78 is 7.97. The van der Waals surface area contributed by atoms with Crippen LogP contribution in [0.5, 0.6) is 0 Å². The van der Waals surface area contributed by atoms with Gasteiger partial charge in [0, 0.05) is 13.9 Å². The summed E-state index contributed by atoms with van der Waals surface area (Å²) in [6.07, 6.45) is 2.46. The Morgan fingerprint density at radius 2 is 2.11 bits per heavy atom. The average molecular weight is 271 g/mol. The minimum Gasteiger partial charge on any atom is -0.343 e. The van der Waals surface area contributed by atoms with E-state index in [9.17, 15) is 9.59 Å². The van der Waals surface area contributed by atoms with Gasteiger partial charge in [0.1, 0.15) is 6.04 Å². The van der Waals surface area contributed by atoms with Gasteiger partial charge >= 0.3 is 0 Å². The first-order chi connectivity index (χ1) is 9.29. The monoisotopic (exact) mass is 271 g/mol. The third kappa shape index (κ3) is 3.93. The van der Waals surface area contributed by atoms with Gasteiger partial charge < -0.3 is 10.2 Å². The van der Waals surface area contributed by atoms with Gasteiger partial charge in [0.05, 0.1) is 6.04 Å². The molecule has 4 atom stereocenters. The van der Waals surface area contributed by atoms with E-state index >= 15 is 0 Å². The van der Waals surface area contributed by atoms with Gasteiger partial charge in [-0.05, 0) is 47.2 Å². The molecule has 0 spiro atoms. The Morgan fingerprint density at radius 1 is 1.47 bits per heavy atom. The summed E-state index contributed by atoms with van der Waals surface area (Å²) in [6, 6.07) is -0.724. The molecular formula is C14H27N3O2. The first-order valence-electron chi connectivity index (χ1n) is 7.58. The zero-order valence-electron chi connectivity index (χ0n) is 13.6. The van der Waals surface area contributed by atoms with Crippen molar-refractivity contribution >= 4 is 11.8 Å². The van der Waals surface area contributed by atoms with Gasteiger partial charge in [0.25, 0.3) is 0 Å². The van der Waals surface area contributed by atoms with Gasteiger partial charge in [-0.3, -0.25) is 14.5 Å². The Hall–Kier alpha value is -1.10. The largest absolute Gasteiger partial charge is 0.343 e. The van der Waals surface area contributed by atoms with Crippen molar-refractivity contribution in [2.75, 3.05) is 20.6 Å². The van der Waals surface area contributed by atoms with Gasteiger partial charge in [0.15, 0.2) is 0 Å². The predicted molar refractivity (Wildman–Crippen MR) is 75.8 cm³/mol. The molecule has 5 heteroatoms. The highest BCUT2D eigenvalue weighted by atomic mass is 16.2. The van der Waals surface area contributed by atoms with E-state index in [2.05, 4.69) is 5.32 Å². The van der Waals surface area contributed by atoms with Crippen molar-refractivity contribution in [3.63, 3.8) is 0 Å². The van der Waals surface area contributed by atoms with E-state index in [-0.39, 0.29) is 23.9 Å². The second-order valence-corrected chi connectivity index (χ2v) is 5.44. The number of hydrogen-bond donors (Lipinski definition) is 1. The Kier molecular flexibility index (Phi) is 5.19. The van der Waals surface area contributed by atoms with Crippen LogP contribution in [0.3, 0.4) is 0 Å². The molecule has 0 radical (unpaired) electrons. The van der Waals surface area contributed by atoms with E-state index in [1.807, 2.05) is 21.0 Å². The molecule has 1 fully saturated rings. The molecule has 1 aliphatic heterocycles. The third-order valence-electron chi connectivity index (χ3n) is 3.83.